The third-order valence-electron chi connectivity index (χ3n) is 5.25. The number of anilines is 2. The molecule has 0 saturated carbocycles. The van der Waals surface area contributed by atoms with Gasteiger partial charge in [-0.3, -0.25) is 5.41 Å². The van der Waals surface area contributed by atoms with Crippen molar-refractivity contribution >= 4 is 28.6 Å². The largest absolute Gasteiger partial charge is 0.491 e. The van der Waals surface area contributed by atoms with Crippen molar-refractivity contribution in [3.05, 3.63) is 83.9 Å². The number of nitrogens with zero attached hydrogens (tertiary/aromatic N) is 1. The van der Waals surface area contributed by atoms with Crippen LogP contribution in [0.25, 0.3) is 22.2 Å². The Morgan fingerprint density at radius 3 is 2.70 bits per heavy atom. The summed E-state index contributed by atoms with van der Waals surface area (Å²) in [5, 5.41) is 11.4. The first kappa shape index (κ1) is 22.1. The molecular weight excluding hydrogens is 412 g/mol. The second-order valence-electron chi connectivity index (χ2n) is 7.70. The minimum Gasteiger partial charge on any atom is -0.491 e. The van der Waals surface area contributed by atoms with Crippen molar-refractivity contribution in [2.45, 2.75) is 26.7 Å². The van der Waals surface area contributed by atoms with Gasteiger partial charge in [-0.2, -0.15) is 4.98 Å². The predicted octanol–water partition coefficient (Wildman–Crippen LogP) is 6.43. The molecule has 1 aromatic heterocycles. The van der Waals surface area contributed by atoms with Crippen LogP contribution >= 0.6 is 0 Å². The zero-order valence-corrected chi connectivity index (χ0v) is 18.9. The van der Waals surface area contributed by atoms with E-state index in [0.29, 0.717) is 30.2 Å². The fraction of sp³-hybridized carbons (Fsp3) is 0.185. The fourth-order valence-corrected chi connectivity index (χ4v) is 3.72. The molecule has 0 saturated heterocycles. The highest BCUT2D eigenvalue weighted by atomic mass is 16.5. The van der Waals surface area contributed by atoms with Crippen LogP contribution in [0.4, 0.5) is 11.7 Å². The molecule has 0 aliphatic rings. The van der Waals surface area contributed by atoms with Crippen LogP contribution in [-0.4, -0.2) is 17.4 Å². The van der Waals surface area contributed by atoms with Crippen LogP contribution in [0.3, 0.4) is 0 Å². The summed E-state index contributed by atoms with van der Waals surface area (Å²) in [4.78, 5) is 4.57. The van der Waals surface area contributed by atoms with Gasteiger partial charge in [0.25, 0.3) is 6.01 Å². The molecule has 0 spiro atoms. The Morgan fingerprint density at radius 2 is 1.94 bits per heavy atom. The number of oxazole rings is 1. The molecule has 0 unspecified atom stereocenters. The maximum atomic E-state index is 8.02. The van der Waals surface area contributed by atoms with Gasteiger partial charge < -0.3 is 20.2 Å². The van der Waals surface area contributed by atoms with E-state index in [0.717, 1.165) is 40.1 Å². The third kappa shape index (κ3) is 4.90. The minimum absolute atomic E-state index is 0.0281. The van der Waals surface area contributed by atoms with Crippen LogP contribution in [0, 0.1) is 5.41 Å². The highest BCUT2D eigenvalue weighted by molar-refractivity contribution is 6.02. The van der Waals surface area contributed by atoms with E-state index < -0.39 is 0 Å². The highest BCUT2D eigenvalue weighted by Crippen LogP contribution is 2.38. The summed E-state index contributed by atoms with van der Waals surface area (Å²) < 4.78 is 12.1. The molecule has 0 fully saturated rings. The first-order chi connectivity index (χ1) is 16.1. The van der Waals surface area contributed by atoms with Crippen LogP contribution in [0.1, 0.15) is 31.4 Å². The topological polar surface area (TPSA) is 97.2 Å². The van der Waals surface area contributed by atoms with Gasteiger partial charge in [0.05, 0.1) is 12.3 Å². The number of para-hydroxylation sites is 2. The van der Waals surface area contributed by atoms with Crippen LogP contribution < -0.4 is 15.8 Å². The number of allylic oxidation sites excluding steroid dienone is 2. The van der Waals surface area contributed by atoms with Crippen molar-refractivity contribution in [1.29, 1.82) is 5.41 Å². The molecule has 1 heterocycles. The first-order valence-electron chi connectivity index (χ1n) is 11.1. The maximum Gasteiger partial charge on any atom is 0.300 e. The van der Waals surface area contributed by atoms with Crippen LogP contribution in [-0.2, 0) is 6.42 Å². The van der Waals surface area contributed by atoms with E-state index in [1.54, 1.807) is 0 Å². The Bertz CT molecular complexity index is 1270. The second kappa shape index (κ2) is 10.0. The Balaban J connectivity index is 1.87. The number of benzene rings is 3. The Morgan fingerprint density at radius 1 is 1.15 bits per heavy atom. The Hall–Kier alpha value is -4.06. The van der Waals surface area contributed by atoms with E-state index in [9.17, 15) is 0 Å². The molecule has 0 aliphatic heterocycles. The van der Waals surface area contributed by atoms with Crippen molar-refractivity contribution in [3.63, 3.8) is 0 Å². The molecule has 4 N–H and O–H groups in total. The number of ether oxygens (including phenoxy) is 1. The zero-order chi connectivity index (χ0) is 23.2. The number of hydrogen-bond acceptors (Lipinski definition) is 5. The molecule has 0 radical (unpaired) electrons. The minimum atomic E-state index is 0.0281. The van der Waals surface area contributed by atoms with Crippen molar-refractivity contribution in [1.82, 2.24) is 4.98 Å². The smallest absolute Gasteiger partial charge is 0.300 e. The van der Waals surface area contributed by atoms with Gasteiger partial charge in [-0.05, 0) is 55.2 Å². The number of rotatable bonds is 9. The van der Waals surface area contributed by atoms with Gasteiger partial charge in [0, 0.05) is 11.1 Å². The molecule has 3 aromatic carbocycles. The standard InChI is InChI=1S/C27H28N4O2/c1-3-5-10-18-16-19(20-11-6-7-12-21(20)26(28)29)17-23(25(18)32-15-4-2)31-27-30-22-13-8-9-14-24(22)33-27/h3,5-9,11-14,16-17H,4,10,15H2,1-2H3,(H3,28,29)(H,30,31)/b5-3+. The highest BCUT2D eigenvalue weighted by Gasteiger charge is 2.17. The van der Waals surface area contributed by atoms with Gasteiger partial charge in [0.2, 0.25) is 0 Å². The summed E-state index contributed by atoms with van der Waals surface area (Å²) in [7, 11) is 0. The van der Waals surface area contributed by atoms with Gasteiger partial charge in [0.15, 0.2) is 5.58 Å². The molecule has 6 nitrogen and oxygen atoms in total. The van der Waals surface area contributed by atoms with Gasteiger partial charge in [-0.1, -0.05) is 55.5 Å². The number of nitrogen functional groups attached to an aromatic ring is 1. The van der Waals surface area contributed by atoms with E-state index in [1.165, 1.54) is 0 Å². The van der Waals surface area contributed by atoms with Crippen molar-refractivity contribution in [2.24, 2.45) is 5.73 Å². The van der Waals surface area contributed by atoms with E-state index in [-0.39, 0.29) is 5.84 Å². The van der Waals surface area contributed by atoms with E-state index in [1.807, 2.05) is 67.6 Å². The average molecular weight is 441 g/mol. The SMILES string of the molecule is C/C=C/Cc1cc(-c2ccccc2C(=N)N)cc(Nc2nc3ccccc3o2)c1OCCC. The molecular formula is C27H28N4O2. The van der Waals surface area contributed by atoms with Gasteiger partial charge in [-0.15, -0.1) is 0 Å². The lowest BCUT2D eigenvalue weighted by atomic mass is 9.95. The summed E-state index contributed by atoms with van der Waals surface area (Å²) in [6.45, 7) is 4.67. The molecule has 6 heteroatoms. The monoisotopic (exact) mass is 440 g/mol. The predicted molar refractivity (Wildman–Crippen MR) is 134 cm³/mol. The molecule has 168 valence electrons. The maximum absolute atomic E-state index is 8.02. The lowest BCUT2D eigenvalue weighted by Crippen LogP contribution is -2.12. The van der Waals surface area contributed by atoms with Crippen molar-refractivity contribution in [3.8, 4) is 16.9 Å². The summed E-state index contributed by atoms with van der Waals surface area (Å²) in [6, 6.07) is 19.8. The number of fused-ring (bicyclic) bond motifs is 1. The summed E-state index contributed by atoms with van der Waals surface area (Å²) in [5.74, 6) is 0.793. The number of aromatic nitrogens is 1. The first-order valence-corrected chi connectivity index (χ1v) is 11.1. The second-order valence-corrected chi connectivity index (χ2v) is 7.70. The summed E-state index contributed by atoms with van der Waals surface area (Å²) in [5.41, 5.74) is 11.6. The van der Waals surface area contributed by atoms with Crippen LogP contribution in [0.2, 0.25) is 0 Å². The quantitative estimate of drug-likeness (QED) is 0.158. The molecule has 33 heavy (non-hydrogen) atoms. The van der Waals surface area contributed by atoms with Crippen LogP contribution in [0.5, 0.6) is 5.75 Å². The summed E-state index contributed by atoms with van der Waals surface area (Å²) in [6.07, 6.45) is 5.71. The lowest BCUT2D eigenvalue weighted by Gasteiger charge is -2.18. The Kier molecular flexibility index (Phi) is 6.74. The normalized spacial score (nSPS) is 11.2. The molecule has 4 aromatic rings. The van der Waals surface area contributed by atoms with E-state index in [2.05, 4.69) is 29.4 Å². The fourth-order valence-electron chi connectivity index (χ4n) is 3.72. The number of nitrogens with two attached hydrogens (primary N) is 1. The van der Waals surface area contributed by atoms with E-state index in [4.69, 9.17) is 20.3 Å². The average Bonchev–Trinajstić information content (AvgIpc) is 3.24. The van der Waals surface area contributed by atoms with E-state index >= 15 is 0 Å². The van der Waals surface area contributed by atoms with Gasteiger partial charge >= 0.3 is 0 Å². The Labute approximate surface area is 193 Å². The molecule has 0 bridgehead atoms. The van der Waals surface area contributed by atoms with Gasteiger partial charge in [-0.25, -0.2) is 0 Å². The number of amidine groups is 1. The van der Waals surface area contributed by atoms with Crippen molar-refractivity contribution < 1.29 is 9.15 Å². The molecule has 0 amide bonds. The van der Waals surface area contributed by atoms with Gasteiger partial charge in [0.1, 0.15) is 17.1 Å². The van der Waals surface area contributed by atoms with Crippen LogP contribution in [0.15, 0.2) is 77.2 Å². The number of hydrogen-bond donors (Lipinski definition) is 3. The zero-order valence-electron chi connectivity index (χ0n) is 18.9. The van der Waals surface area contributed by atoms with Crippen molar-refractivity contribution in [2.75, 3.05) is 11.9 Å². The molecule has 4 rings (SSSR count). The summed E-state index contributed by atoms with van der Waals surface area (Å²) >= 11 is 0. The molecule has 0 atom stereocenters. The molecule has 0 aliphatic carbocycles. The third-order valence-corrected chi connectivity index (χ3v) is 5.25. The number of nitrogens with one attached hydrogen (secondary N) is 2. The lowest BCUT2D eigenvalue weighted by molar-refractivity contribution is 0.316.